The summed E-state index contributed by atoms with van der Waals surface area (Å²) in [6.07, 6.45) is 0. The molecule has 0 aliphatic carbocycles. The zero-order valence-electron chi connectivity index (χ0n) is 11.2. The lowest BCUT2D eigenvalue weighted by Gasteiger charge is -2.08. The number of nitrogen functional groups attached to an aromatic ring is 1. The number of carbonyl (C=O) groups is 1. The van der Waals surface area contributed by atoms with Crippen molar-refractivity contribution >= 4 is 49.9 Å². The number of amides is 1. The van der Waals surface area contributed by atoms with Crippen LogP contribution in [0.25, 0.3) is 10.2 Å². The number of aryl methyl sites for hydroxylation is 1. The average molecular weight is 318 g/mol. The molecule has 0 spiro atoms. The van der Waals surface area contributed by atoms with Crippen LogP contribution in [-0.2, 0) is 0 Å². The SMILES string of the molecule is Cc1cc(Cl)ccc1NC(=O)c1ccc2nc(N)sc2c1. The number of aromatic nitrogens is 1. The predicted molar refractivity (Wildman–Crippen MR) is 88.2 cm³/mol. The van der Waals surface area contributed by atoms with Crippen molar-refractivity contribution < 1.29 is 4.79 Å². The Morgan fingerprint density at radius 2 is 2.10 bits per heavy atom. The maximum absolute atomic E-state index is 12.3. The van der Waals surface area contributed by atoms with Crippen molar-refractivity contribution in [3.63, 3.8) is 0 Å². The molecule has 0 saturated heterocycles. The molecule has 1 aromatic heterocycles. The summed E-state index contributed by atoms with van der Waals surface area (Å²) in [6, 6.07) is 10.7. The monoisotopic (exact) mass is 317 g/mol. The molecule has 0 radical (unpaired) electrons. The molecular weight excluding hydrogens is 306 g/mol. The Balaban J connectivity index is 1.89. The van der Waals surface area contributed by atoms with Crippen LogP contribution in [0.1, 0.15) is 15.9 Å². The highest BCUT2D eigenvalue weighted by atomic mass is 35.5. The van der Waals surface area contributed by atoms with Crippen LogP contribution < -0.4 is 11.1 Å². The van der Waals surface area contributed by atoms with E-state index < -0.39 is 0 Å². The molecule has 21 heavy (non-hydrogen) atoms. The molecule has 1 amide bonds. The number of nitrogens with one attached hydrogen (secondary N) is 1. The standard InChI is InChI=1S/C15H12ClN3OS/c1-8-6-10(16)3-5-11(8)18-14(20)9-2-4-12-13(7-9)21-15(17)19-12/h2-7H,1H3,(H2,17,19)(H,18,20). The lowest BCUT2D eigenvalue weighted by atomic mass is 10.1. The molecule has 0 unspecified atom stereocenters. The third-order valence-electron chi connectivity index (χ3n) is 3.10. The van der Waals surface area contributed by atoms with E-state index in [0.717, 1.165) is 21.5 Å². The molecule has 3 rings (SSSR count). The molecule has 3 N–H and O–H groups in total. The van der Waals surface area contributed by atoms with Gasteiger partial charge in [-0.25, -0.2) is 4.98 Å². The Hall–Kier alpha value is -2.11. The molecule has 0 atom stereocenters. The van der Waals surface area contributed by atoms with E-state index in [4.69, 9.17) is 17.3 Å². The fourth-order valence-electron chi connectivity index (χ4n) is 2.05. The summed E-state index contributed by atoms with van der Waals surface area (Å²) in [4.78, 5) is 16.5. The Kier molecular flexibility index (Phi) is 3.53. The van der Waals surface area contributed by atoms with Crippen LogP contribution in [0.2, 0.25) is 5.02 Å². The van der Waals surface area contributed by atoms with Gasteiger partial charge in [-0.1, -0.05) is 22.9 Å². The largest absolute Gasteiger partial charge is 0.375 e. The summed E-state index contributed by atoms with van der Waals surface area (Å²) in [7, 11) is 0. The Bertz CT molecular complexity index is 844. The van der Waals surface area contributed by atoms with Crippen molar-refractivity contribution in [3.05, 3.63) is 52.5 Å². The normalized spacial score (nSPS) is 10.8. The van der Waals surface area contributed by atoms with Gasteiger partial charge in [0, 0.05) is 16.3 Å². The van der Waals surface area contributed by atoms with Gasteiger partial charge in [-0.3, -0.25) is 4.79 Å². The van der Waals surface area contributed by atoms with Crippen LogP contribution in [0.4, 0.5) is 10.8 Å². The minimum absolute atomic E-state index is 0.172. The number of anilines is 2. The number of halogens is 1. The third-order valence-corrected chi connectivity index (χ3v) is 4.19. The first-order valence-electron chi connectivity index (χ1n) is 6.26. The number of carbonyl (C=O) groups excluding carboxylic acids is 1. The summed E-state index contributed by atoms with van der Waals surface area (Å²) >= 11 is 7.27. The average Bonchev–Trinajstić information content (AvgIpc) is 2.80. The van der Waals surface area contributed by atoms with Crippen LogP contribution in [0.3, 0.4) is 0 Å². The molecule has 0 aliphatic rings. The number of fused-ring (bicyclic) bond motifs is 1. The number of nitrogens with two attached hydrogens (primary N) is 1. The first-order chi connectivity index (χ1) is 10.0. The molecule has 0 aliphatic heterocycles. The van der Waals surface area contributed by atoms with Crippen LogP contribution in [0.5, 0.6) is 0 Å². The molecular formula is C15H12ClN3OS. The molecule has 0 bridgehead atoms. The van der Waals surface area contributed by atoms with Crippen molar-refractivity contribution in [1.82, 2.24) is 4.98 Å². The van der Waals surface area contributed by atoms with Crippen LogP contribution in [0.15, 0.2) is 36.4 Å². The maximum Gasteiger partial charge on any atom is 0.255 e. The number of thiazole rings is 1. The Morgan fingerprint density at radius 1 is 1.29 bits per heavy atom. The van der Waals surface area contributed by atoms with Gasteiger partial charge in [0.05, 0.1) is 10.2 Å². The third kappa shape index (κ3) is 2.84. The van der Waals surface area contributed by atoms with E-state index in [-0.39, 0.29) is 5.91 Å². The van der Waals surface area contributed by atoms with Crippen LogP contribution in [0, 0.1) is 6.92 Å². The maximum atomic E-state index is 12.3. The summed E-state index contributed by atoms with van der Waals surface area (Å²) in [5.41, 5.74) is 8.70. The highest BCUT2D eigenvalue weighted by Gasteiger charge is 2.10. The quantitative estimate of drug-likeness (QED) is 0.748. The van der Waals surface area contributed by atoms with Crippen molar-refractivity contribution in [2.24, 2.45) is 0 Å². The van der Waals surface area contributed by atoms with Crippen molar-refractivity contribution in [1.29, 1.82) is 0 Å². The molecule has 0 fully saturated rings. The fourth-order valence-corrected chi connectivity index (χ4v) is 3.05. The van der Waals surface area contributed by atoms with E-state index in [1.165, 1.54) is 11.3 Å². The second-order valence-corrected chi connectivity index (χ2v) is 6.15. The Labute approximate surface area is 130 Å². The van der Waals surface area contributed by atoms with Gasteiger partial charge < -0.3 is 11.1 Å². The first kappa shape index (κ1) is 13.9. The second kappa shape index (κ2) is 5.35. The smallest absolute Gasteiger partial charge is 0.255 e. The topological polar surface area (TPSA) is 68.0 Å². The lowest BCUT2D eigenvalue weighted by molar-refractivity contribution is 0.102. The van der Waals surface area contributed by atoms with Crippen molar-refractivity contribution in [2.45, 2.75) is 6.92 Å². The molecule has 6 heteroatoms. The number of nitrogens with zero attached hydrogens (tertiary/aromatic N) is 1. The van der Waals surface area contributed by atoms with E-state index in [9.17, 15) is 4.79 Å². The predicted octanol–water partition coefficient (Wildman–Crippen LogP) is 4.09. The van der Waals surface area contributed by atoms with Crippen molar-refractivity contribution in [3.8, 4) is 0 Å². The second-order valence-electron chi connectivity index (χ2n) is 4.65. The number of hydrogen-bond donors (Lipinski definition) is 2. The lowest BCUT2D eigenvalue weighted by Crippen LogP contribution is -2.12. The van der Waals surface area contributed by atoms with Gasteiger partial charge >= 0.3 is 0 Å². The van der Waals surface area contributed by atoms with Gasteiger partial charge in [-0.05, 0) is 48.9 Å². The number of rotatable bonds is 2. The van der Waals surface area contributed by atoms with Crippen LogP contribution >= 0.6 is 22.9 Å². The first-order valence-corrected chi connectivity index (χ1v) is 7.46. The minimum Gasteiger partial charge on any atom is -0.375 e. The van der Waals surface area contributed by atoms with E-state index in [1.54, 1.807) is 30.3 Å². The van der Waals surface area contributed by atoms with Crippen molar-refractivity contribution in [2.75, 3.05) is 11.1 Å². The molecule has 1 heterocycles. The zero-order chi connectivity index (χ0) is 15.0. The summed E-state index contributed by atoms with van der Waals surface area (Å²) in [5.74, 6) is -0.172. The van der Waals surface area contributed by atoms with Crippen LogP contribution in [-0.4, -0.2) is 10.9 Å². The highest BCUT2D eigenvalue weighted by molar-refractivity contribution is 7.22. The molecule has 106 valence electrons. The summed E-state index contributed by atoms with van der Waals surface area (Å²) in [6.45, 7) is 1.90. The molecule has 4 nitrogen and oxygen atoms in total. The van der Waals surface area contributed by atoms with Gasteiger partial charge in [0.15, 0.2) is 5.13 Å². The van der Waals surface area contributed by atoms with Gasteiger partial charge in [-0.15, -0.1) is 0 Å². The van der Waals surface area contributed by atoms with Gasteiger partial charge in [-0.2, -0.15) is 0 Å². The van der Waals surface area contributed by atoms with E-state index in [0.29, 0.717) is 15.7 Å². The van der Waals surface area contributed by atoms with E-state index in [1.807, 2.05) is 13.0 Å². The summed E-state index contributed by atoms with van der Waals surface area (Å²) < 4.78 is 0.896. The Morgan fingerprint density at radius 3 is 2.86 bits per heavy atom. The summed E-state index contributed by atoms with van der Waals surface area (Å²) in [5, 5.41) is 4.02. The van der Waals surface area contributed by atoms with Gasteiger partial charge in [0.25, 0.3) is 5.91 Å². The molecule has 0 saturated carbocycles. The minimum atomic E-state index is -0.172. The van der Waals surface area contributed by atoms with Gasteiger partial charge in [0.2, 0.25) is 0 Å². The molecule has 3 aromatic rings. The number of benzene rings is 2. The zero-order valence-corrected chi connectivity index (χ0v) is 12.8. The fraction of sp³-hybridized carbons (Fsp3) is 0.0667. The van der Waals surface area contributed by atoms with E-state index >= 15 is 0 Å². The van der Waals surface area contributed by atoms with E-state index in [2.05, 4.69) is 10.3 Å². The highest BCUT2D eigenvalue weighted by Crippen LogP contribution is 2.25. The van der Waals surface area contributed by atoms with Gasteiger partial charge in [0.1, 0.15) is 0 Å². The molecule has 2 aromatic carbocycles. The number of hydrogen-bond acceptors (Lipinski definition) is 4.